The number of para-hydroxylation sites is 1. The number of fused-ring (bicyclic) bond motifs is 1. The van der Waals surface area contributed by atoms with E-state index in [1.807, 2.05) is 66.2 Å². The van der Waals surface area contributed by atoms with E-state index in [0.29, 0.717) is 31.5 Å². The number of nitrogens with one attached hydrogen (secondary N) is 1. The predicted molar refractivity (Wildman–Crippen MR) is 121 cm³/mol. The van der Waals surface area contributed by atoms with Crippen molar-refractivity contribution in [2.75, 3.05) is 23.1 Å². The van der Waals surface area contributed by atoms with Crippen molar-refractivity contribution in [1.82, 2.24) is 15.1 Å². The van der Waals surface area contributed by atoms with Gasteiger partial charge in [0.1, 0.15) is 0 Å². The van der Waals surface area contributed by atoms with Gasteiger partial charge in [0, 0.05) is 13.1 Å². The molecule has 0 spiro atoms. The average Bonchev–Trinajstić information content (AvgIpc) is 3.38. The highest BCUT2D eigenvalue weighted by molar-refractivity contribution is 7.92. The third-order valence-corrected chi connectivity index (χ3v) is 7.30. The van der Waals surface area contributed by atoms with Gasteiger partial charge in [0.05, 0.1) is 35.4 Å². The summed E-state index contributed by atoms with van der Waals surface area (Å²) in [6.45, 7) is 3.05. The second-order valence-corrected chi connectivity index (χ2v) is 9.54. The number of amides is 1. The van der Waals surface area contributed by atoms with Gasteiger partial charge in [-0.3, -0.25) is 13.8 Å². The molecule has 31 heavy (non-hydrogen) atoms. The standard InChI is InChI=1S/C23H26N4O3S/c1-2-21-20(16-25-26(21)17-18-8-4-3-5-9-18)23(28)24-13-15-31(29,30)27-14-12-19-10-6-7-11-22(19)27/h3-11,16H,2,12-15,17H2,1H3,(H,24,28). The summed E-state index contributed by atoms with van der Waals surface area (Å²) in [5.74, 6) is -0.444. The molecular weight excluding hydrogens is 412 g/mol. The maximum atomic E-state index is 12.8. The van der Waals surface area contributed by atoms with Gasteiger partial charge in [-0.05, 0) is 30.0 Å². The Balaban J connectivity index is 1.39. The molecule has 0 saturated heterocycles. The first-order valence-electron chi connectivity index (χ1n) is 10.4. The number of benzene rings is 2. The van der Waals surface area contributed by atoms with Gasteiger partial charge in [0.2, 0.25) is 10.0 Å². The Morgan fingerprint density at radius 2 is 1.84 bits per heavy atom. The van der Waals surface area contributed by atoms with Crippen LogP contribution in [0.3, 0.4) is 0 Å². The molecular formula is C23H26N4O3S. The third-order valence-electron chi connectivity index (χ3n) is 5.53. The van der Waals surface area contributed by atoms with E-state index in [0.717, 1.165) is 22.5 Å². The Bertz CT molecular complexity index is 1170. The zero-order chi connectivity index (χ0) is 21.8. The van der Waals surface area contributed by atoms with Crippen LogP contribution in [0.5, 0.6) is 0 Å². The lowest BCUT2D eigenvalue weighted by molar-refractivity contribution is 0.0955. The Morgan fingerprint density at radius 3 is 2.61 bits per heavy atom. The predicted octanol–water partition coefficient (Wildman–Crippen LogP) is 2.62. The fourth-order valence-corrected chi connectivity index (χ4v) is 5.39. The summed E-state index contributed by atoms with van der Waals surface area (Å²) < 4.78 is 28.9. The zero-order valence-corrected chi connectivity index (χ0v) is 18.3. The van der Waals surface area contributed by atoms with Crippen LogP contribution >= 0.6 is 0 Å². The number of rotatable bonds is 8. The van der Waals surface area contributed by atoms with Crippen LogP contribution in [0.2, 0.25) is 0 Å². The highest BCUT2D eigenvalue weighted by atomic mass is 32.2. The second-order valence-electron chi connectivity index (χ2n) is 7.52. The lowest BCUT2D eigenvalue weighted by Crippen LogP contribution is -2.37. The molecule has 1 N–H and O–H groups in total. The first kappa shape index (κ1) is 21.1. The summed E-state index contributed by atoms with van der Waals surface area (Å²) in [7, 11) is -3.50. The molecule has 3 aromatic rings. The summed E-state index contributed by atoms with van der Waals surface area (Å²) in [5, 5.41) is 7.13. The van der Waals surface area contributed by atoms with Crippen LogP contribution in [0.25, 0.3) is 0 Å². The van der Waals surface area contributed by atoms with Crippen LogP contribution in [-0.4, -0.2) is 42.9 Å². The fourth-order valence-electron chi connectivity index (χ4n) is 3.96. The Kier molecular flexibility index (Phi) is 6.08. The van der Waals surface area contributed by atoms with Crippen molar-refractivity contribution in [3.63, 3.8) is 0 Å². The minimum absolute atomic E-state index is 0.0485. The Labute approximate surface area is 182 Å². The lowest BCUT2D eigenvalue weighted by atomic mass is 10.2. The minimum atomic E-state index is -3.50. The Hall–Kier alpha value is -3.13. The molecule has 0 aliphatic carbocycles. The molecule has 7 nitrogen and oxygen atoms in total. The van der Waals surface area contributed by atoms with E-state index < -0.39 is 10.0 Å². The van der Waals surface area contributed by atoms with Gasteiger partial charge in [-0.2, -0.15) is 5.10 Å². The first-order chi connectivity index (χ1) is 15.0. The van der Waals surface area contributed by atoms with Crippen LogP contribution in [0, 0.1) is 0 Å². The number of carbonyl (C=O) groups is 1. The van der Waals surface area contributed by atoms with Crippen molar-refractivity contribution < 1.29 is 13.2 Å². The maximum absolute atomic E-state index is 12.8. The van der Waals surface area contributed by atoms with Crippen molar-refractivity contribution in [2.24, 2.45) is 0 Å². The van der Waals surface area contributed by atoms with Crippen LogP contribution in [0.4, 0.5) is 5.69 Å². The minimum Gasteiger partial charge on any atom is -0.351 e. The number of hydrogen-bond acceptors (Lipinski definition) is 4. The highest BCUT2D eigenvalue weighted by Crippen LogP contribution is 2.29. The van der Waals surface area contributed by atoms with Crippen LogP contribution in [0.1, 0.15) is 34.1 Å². The number of aromatic nitrogens is 2. The summed E-state index contributed by atoms with van der Waals surface area (Å²) in [6.07, 6.45) is 2.92. The molecule has 1 aliphatic heterocycles. The number of hydrogen-bond donors (Lipinski definition) is 1. The molecule has 0 saturated carbocycles. The number of anilines is 1. The molecule has 162 valence electrons. The van der Waals surface area contributed by atoms with Gasteiger partial charge in [0.25, 0.3) is 5.91 Å². The normalized spacial score (nSPS) is 13.3. The van der Waals surface area contributed by atoms with E-state index >= 15 is 0 Å². The zero-order valence-electron chi connectivity index (χ0n) is 17.5. The molecule has 0 atom stereocenters. The van der Waals surface area contributed by atoms with E-state index in [9.17, 15) is 13.2 Å². The van der Waals surface area contributed by atoms with Crippen molar-refractivity contribution in [1.29, 1.82) is 0 Å². The molecule has 2 heterocycles. The van der Waals surface area contributed by atoms with Crippen molar-refractivity contribution in [3.8, 4) is 0 Å². The van der Waals surface area contributed by atoms with Crippen LogP contribution < -0.4 is 9.62 Å². The molecule has 2 aromatic carbocycles. The average molecular weight is 439 g/mol. The van der Waals surface area contributed by atoms with Gasteiger partial charge in [-0.25, -0.2) is 8.42 Å². The van der Waals surface area contributed by atoms with Gasteiger partial charge in [0.15, 0.2) is 0 Å². The van der Waals surface area contributed by atoms with Gasteiger partial charge >= 0.3 is 0 Å². The SMILES string of the molecule is CCc1c(C(=O)NCCS(=O)(=O)N2CCc3ccccc32)cnn1Cc1ccccc1. The van der Waals surface area contributed by atoms with Crippen molar-refractivity contribution >= 4 is 21.6 Å². The molecule has 0 unspecified atom stereocenters. The molecule has 1 aromatic heterocycles. The Morgan fingerprint density at radius 1 is 1.10 bits per heavy atom. The first-order valence-corrected chi connectivity index (χ1v) is 12.1. The molecule has 4 rings (SSSR count). The van der Waals surface area contributed by atoms with Crippen molar-refractivity contribution in [3.05, 3.63) is 83.2 Å². The third kappa shape index (κ3) is 4.49. The van der Waals surface area contributed by atoms with Gasteiger partial charge < -0.3 is 5.32 Å². The van der Waals surface area contributed by atoms with Gasteiger partial charge in [-0.15, -0.1) is 0 Å². The summed E-state index contributed by atoms with van der Waals surface area (Å²) in [5.41, 5.74) is 4.20. The van der Waals surface area contributed by atoms with Crippen molar-refractivity contribution in [2.45, 2.75) is 26.3 Å². The van der Waals surface area contributed by atoms with E-state index in [-0.39, 0.29) is 18.2 Å². The fraction of sp³-hybridized carbons (Fsp3) is 0.304. The molecule has 0 radical (unpaired) electrons. The molecule has 8 heteroatoms. The number of nitrogens with zero attached hydrogens (tertiary/aromatic N) is 3. The maximum Gasteiger partial charge on any atom is 0.254 e. The highest BCUT2D eigenvalue weighted by Gasteiger charge is 2.29. The number of carbonyl (C=O) groups excluding carboxylic acids is 1. The van der Waals surface area contributed by atoms with Gasteiger partial charge in [-0.1, -0.05) is 55.5 Å². The van der Waals surface area contributed by atoms with E-state index in [4.69, 9.17) is 0 Å². The largest absolute Gasteiger partial charge is 0.351 e. The van der Waals surface area contributed by atoms with E-state index in [1.165, 1.54) is 4.31 Å². The monoisotopic (exact) mass is 438 g/mol. The second kappa shape index (κ2) is 8.93. The van der Waals surface area contributed by atoms with E-state index in [1.54, 1.807) is 6.20 Å². The smallest absolute Gasteiger partial charge is 0.254 e. The molecule has 1 aliphatic rings. The quantitative estimate of drug-likeness (QED) is 0.586. The van der Waals surface area contributed by atoms with E-state index in [2.05, 4.69) is 10.4 Å². The topological polar surface area (TPSA) is 84.3 Å². The number of sulfonamides is 1. The molecule has 1 amide bonds. The lowest BCUT2D eigenvalue weighted by Gasteiger charge is -2.19. The summed E-state index contributed by atoms with van der Waals surface area (Å²) in [6, 6.07) is 17.5. The molecule has 0 bridgehead atoms. The summed E-state index contributed by atoms with van der Waals surface area (Å²) >= 11 is 0. The van der Waals surface area contributed by atoms with Crippen LogP contribution in [0.15, 0.2) is 60.8 Å². The van der Waals surface area contributed by atoms with Crippen LogP contribution in [-0.2, 0) is 29.4 Å². The summed E-state index contributed by atoms with van der Waals surface area (Å²) in [4.78, 5) is 12.7. The molecule has 0 fully saturated rings.